The number of carboxylic acids is 1. The Kier molecular flexibility index (Phi) is 6.43. The van der Waals surface area contributed by atoms with Gasteiger partial charge in [0.25, 0.3) is 0 Å². The van der Waals surface area contributed by atoms with Gasteiger partial charge < -0.3 is 9.90 Å². The van der Waals surface area contributed by atoms with Gasteiger partial charge in [-0.05, 0) is 6.42 Å². The summed E-state index contributed by atoms with van der Waals surface area (Å²) in [6.45, 7) is 1.47. The zero-order valence-corrected chi connectivity index (χ0v) is 14.9. The minimum Gasteiger partial charge on any atom is -0.543 e. The van der Waals surface area contributed by atoms with Crippen LogP contribution in [0.25, 0.3) is 0 Å². The molecular formula is C10H10KNO4S2. The number of amides is 1. The van der Waals surface area contributed by atoms with E-state index >= 15 is 0 Å². The van der Waals surface area contributed by atoms with Crippen molar-refractivity contribution in [2.24, 2.45) is 0 Å². The molecular weight excluding hydrogens is 301 g/mol. The number of β-lactam (4-membered cyclic amide) rings is 1. The first-order valence-corrected chi connectivity index (χ1v) is 6.94. The number of rotatable bonds is 4. The third-order valence-corrected chi connectivity index (χ3v) is 4.66. The fourth-order valence-electron chi connectivity index (χ4n) is 1.78. The van der Waals surface area contributed by atoms with Gasteiger partial charge in [0.2, 0.25) is 5.91 Å². The quantitative estimate of drug-likeness (QED) is 0.405. The predicted molar refractivity (Wildman–Crippen MR) is 62.6 cm³/mol. The molecule has 1 atom stereocenters. The molecule has 18 heavy (non-hydrogen) atoms. The summed E-state index contributed by atoms with van der Waals surface area (Å²) in [4.78, 5) is 35.0. The molecule has 0 aromatic carbocycles. The SMILES string of the molecule is CC(=O)SCCC1=C(C(=O)[O-])N2C(=O)CC2S1.[K+]. The van der Waals surface area contributed by atoms with Gasteiger partial charge in [0, 0.05) is 17.6 Å². The van der Waals surface area contributed by atoms with E-state index in [-0.39, 0.29) is 73.5 Å². The van der Waals surface area contributed by atoms with Gasteiger partial charge in [0.05, 0.1) is 23.5 Å². The summed E-state index contributed by atoms with van der Waals surface area (Å²) in [7, 11) is 0. The zero-order valence-electron chi connectivity index (χ0n) is 10.1. The molecule has 2 rings (SSSR count). The molecule has 1 unspecified atom stereocenters. The molecule has 1 saturated heterocycles. The first-order chi connectivity index (χ1) is 8.00. The fraction of sp³-hybridized carbons (Fsp3) is 0.500. The van der Waals surface area contributed by atoms with Crippen LogP contribution in [-0.2, 0) is 14.4 Å². The van der Waals surface area contributed by atoms with Crippen molar-refractivity contribution in [3.05, 3.63) is 10.6 Å². The Hall–Kier alpha value is 0.686. The third kappa shape index (κ3) is 3.41. The molecule has 8 heteroatoms. The fourth-order valence-corrected chi connectivity index (χ4v) is 3.90. The summed E-state index contributed by atoms with van der Waals surface area (Å²) in [6.07, 6.45) is 0.864. The second kappa shape index (κ2) is 6.91. The number of aliphatic carboxylic acids is 1. The summed E-state index contributed by atoms with van der Waals surface area (Å²) in [5, 5.41) is 10.9. The van der Waals surface area contributed by atoms with E-state index in [0.29, 0.717) is 23.5 Å². The first kappa shape index (κ1) is 16.7. The second-order valence-electron chi connectivity index (χ2n) is 3.69. The Balaban J connectivity index is 0.00000162. The number of fused-ring (bicyclic) bond motifs is 1. The number of thioether (sulfide) groups is 2. The molecule has 92 valence electrons. The zero-order chi connectivity index (χ0) is 12.6. The van der Waals surface area contributed by atoms with Crippen molar-refractivity contribution in [1.29, 1.82) is 0 Å². The monoisotopic (exact) mass is 311 g/mol. The Morgan fingerprint density at radius 1 is 1.56 bits per heavy atom. The summed E-state index contributed by atoms with van der Waals surface area (Å²) in [5.74, 6) is -0.949. The minimum atomic E-state index is -1.31. The number of carboxylic acid groups (broad SMARTS) is 1. The van der Waals surface area contributed by atoms with Crippen molar-refractivity contribution in [2.75, 3.05) is 5.75 Å². The van der Waals surface area contributed by atoms with Crippen LogP contribution >= 0.6 is 23.5 Å². The normalized spacial score (nSPS) is 21.3. The van der Waals surface area contributed by atoms with Gasteiger partial charge in [0.15, 0.2) is 5.12 Å². The topological polar surface area (TPSA) is 77.5 Å². The Morgan fingerprint density at radius 3 is 2.72 bits per heavy atom. The van der Waals surface area contributed by atoms with Gasteiger partial charge in [-0.1, -0.05) is 11.8 Å². The Bertz CT molecular complexity index is 438. The molecule has 0 aromatic heterocycles. The van der Waals surface area contributed by atoms with Crippen LogP contribution in [0.5, 0.6) is 0 Å². The van der Waals surface area contributed by atoms with E-state index in [1.807, 2.05) is 0 Å². The van der Waals surface area contributed by atoms with Gasteiger partial charge in [-0.2, -0.15) is 0 Å². The van der Waals surface area contributed by atoms with E-state index < -0.39 is 5.97 Å². The van der Waals surface area contributed by atoms with Gasteiger partial charge in [0.1, 0.15) is 0 Å². The molecule has 1 fully saturated rings. The van der Waals surface area contributed by atoms with Crippen molar-refractivity contribution < 1.29 is 70.9 Å². The average molecular weight is 311 g/mol. The van der Waals surface area contributed by atoms with Crippen LogP contribution in [-0.4, -0.2) is 33.0 Å². The molecule has 2 aliphatic heterocycles. The molecule has 2 aliphatic rings. The number of allylic oxidation sites excluding steroid dienone is 1. The van der Waals surface area contributed by atoms with E-state index in [1.54, 1.807) is 0 Å². The van der Waals surface area contributed by atoms with Gasteiger partial charge in [-0.15, -0.1) is 11.8 Å². The minimum absolute atomic E-state index is 0. The van der Waals surface area contributed by atoms with Gasteiger partial charge in [-0.3, -0.25) is 14.5 Å². The van der Waals surface area contributed by atoms with Crippen LogP contribution in [0.1, 0.15) is 19.8 Å². The Morgan fingerprint density at radius 2 is 2.22 bits per heavy atom. The predicted octanol–water partition coefficient (Wildman–Crippen LogP) is -3.07. The molecule has 0 radical (unpaired) electrons. The second-order valence-corrected chi connectivity index (χ2v) is 6.23. The van der Waals surface area contributed by atoms with Crippen molar-refractivity contribution >= 4 is 40.5 Å². The van der Waals surface area contributed by atoms with Crippen molar-refractivity contribution in [3.8, 4) is 0 Å². The number of hydrogen-bond donors (Lipinski definition) is 0. The number of carbonyl (C=O) groups is 3. The summed E-state index contributed by atoms with van der Waals surface area (Å²) >= 11 is 2.54. The van der Waals surface area contributed by atoms with E-state index in [0.717, 1.165) is 11.8 Å². The summed E-state index contributed by atoms with van der Waals surface area (Å²) in [6, 6.07) is 0. The van der Waals surface area contributed by atoms with Crippen LogP contribution in [0.15, 0.2) is 10.6 Å². The number of carbonyl (C=O) groups excluding carboxylic acids is 3. The van der Waals surface area contributed by atoms with Crippen molar-refractivity contribution in [2.45, 2.75) is 25.1 Å². The summed E-state index contributed by atoms with van der Waals surface area (Å²) in [5.41, 5.74) is 0.000372. The number of nitrogens with zero attached hydrogens (tertiary/aromatic N) is 1. The molecule has 5 nitrogen and oxygen atoms in total. The smallest absolute Gasteiger partial charge is 0.543 e. The molecule has 2 heterocycles. The molecule has 0 aliphatic carbocycles. The molecule has 0 bridgehead atoms. The third-order valence-electron chi connectivity index (χ3n) is 2.52. The molecule has 0 spiro atoms. The van der Waals surface area contributed by atoms with Gasteiger partial charge >= 0.3 is 51.4 Å². The molecule has 0 saturated carbocycles. The van der Waals surface area contributed by atoms with E-state index in [4.69, 9.17) is 0 Å². The maximum absolute atomic E-state index is 11.3. The van der Waals surface area contributed by atoms with Gasteiger partial charge in [-0.25, -0.2) is 0 Å². The molecule has 0 N–H and O–H groups in total. The Labute approximate surface area is 156 Å². The largest absolute Gasteiger partial charge is 1.00 e. The number of hydrogen-bond acceptors (Lipinski definition) is 6. The van der Waals surface area contributed by atoms with E-state index in [1.165, 1.54) is 23.6 Å². The van der Waals surface area contributed by atoms with E-state index in [9.17, 15) is 19.5 Å². The van der Waals surface area contributed by atoms with Crippen LogP contribution in [0.3, 0.4) is 0 Å². The first-order valence-electron chi connectivity index (χ1n) is 5.07. The van der Waals surface area contributed by atoms with Crippen LogP contribution < -0.4 is 56.5 Å². The molecule has 1 amide bonds. The van der Waals surface area contributed by atoms with Crippen LogP contribution in [0, 0.1) is 0 Å². The average Bonchev–Trinajstić information content (AvgIpc) is 2.50. The van der Waals surface area contributed by atoms with E-state index in [2.05, 4.69) is 0 Å². The van der Waals surface area contributed by atoms with Crippen molar-refractivity contribution in [3.63, 3.8) is 0 Å². The van der Waals surface area contributed by atoms with Crippen molar-refractivity contribution in [1.82, 2.24) is 4.90 Å². The van der Waals surface area contributed by atoms with Crippen LogP contribution in [0.2, 0.25) is 0 Å². The summed E-state index contributed by atoms with van der Waals surface area (Å²) < 4.78 is 0. The molecule has 0 aromatic rings. The maximum Gasteiger partial charge on any atom is 1.00 e. The maximum atomic E-state index is 11.3. The standard InChI is InChI=1S/C10H11NO4S2.K/c1-5(12)16-3-2-6-9(10(14)15)11-7(13)4-8(11)17-6;/h8H,2-4H2,1H3,(H,14,15);/q;+1/p-1. The van der Waals surface area contributed by atoms with Crippen LogP contribution in [0.4, 0.5) is 0 Å².